The minimum Gasteiger partial charge on any atom is -0.0917 e. The van der Waals surface area contributed by atoms with Crippen molar-refractivity contribution >= 4 is 0 Å². The van der Waals surface area contributed by atoms with Crippen molar-refractivity contribution in [1.82, 2.24) is 0 Å². The molecule has 72 valence electrons. The zero-order chi connectivity index (χ0) is 9.78. The van der Waals surface area contributed by atoms with E-state index in [0.717, 1.165) is 0 Å². The molecule has 0 aliphatic rings. The van der Waals surface area contributed by atoms with E-state index in [4.69, 9.17) is 1.37 Å². The molecule has 0 aliphatic carbocycles. The molecule has 12 heavy (non-hydrogen) atoms. The molecule has 0 aromatic rings. The third-order valence-electron chi connectivity index (χ3n) is 2.14. The number of unbranched alkanes of at least 4 members (excludes halogenated alkanes) is 7. The zero-order valence-electron chi connectivity index (χ0n) is 9.52. The van der Waals surface area contributed by atoms with Gasteiger partial charge >= 0.3 is 0 Å². The van der Waals surface area contributed by atoms with Crippen LogP contribution in [0.1, 0.15) is 66.6 Å². The van der Waals surface area contributed by atoms with Gasteiger partial charge in [0.25, 0.3) is 0 Å². The molecule has 0 nitrogen and oxygen atoms in total. The lowest BCUT2D eigenvalue weighted by molar-refractivity contribution is 0.592. The molecule has 0 amide bonds. The Hall–Kier alpha value is -0.260. The van der Waals surface area contributed by atoms with Gasteiger partial charge in [0.05, 0.1) is 0 Å². The lowest BCUT2D eigenvalue weighted by Gasteiger charge is -1.98. The maximum atomic E-state index is 6.91. The van der Waals surface area contributed by atoms with Crippen LogP contribution in [0.3, 0.4) is 0 Å². The molecule has 0 heteroatoms. The highest BCUT2D eigenvalue weighted by Gasteiger charge is 1.88. The third-order valence-corrected chi connectivity index (χ3v) is 2.14. The maximum absolute atomic E-state index is 6.91. The van der Waals surface area contributed by atoms with Gasteiger partial charge < -0.3 is 0 Å². The molecule has 0 radical (unpaired) electrons. The number of allylic oxidation sites excluding steroid dienone is 2. The summed E-state index contributed by atoms with van der Waals surface area (Å²) in [6.45, 7) is 2.70. The van der Waals surface area contributed by atoms with E-state index in [2.05, 4.69) is 13.0 Å². The number of rotatable bonds is 8. The summed E-state index contributed by atoms with van der Waals surface area (Å²) in [6.07, 6.45) is 14.9. The normalized spacial score (nSPS) is 12.2. The summed E-state index contributed by atoms with van der Waals surface area (Å²) >= 11 is 0. The van der Waals surface area contributed by atoms with Gasteiger partial charge in [-0.05, 0) is 19.7 Å². The first-order valence-corrected chi connectivity index (χ1v) is 5.36. The lowest BCUT2D eigenvalue weighted by atomic mass is 10.1. The molecule has 0 saturated heterocycles. The van der Waals surface area contributed by atoms with E-state index in [-0.39, 0.29) is 0 Å². The SMILES string of the molecule is [2H]C/C=C/CCCCCCCCC. The van der Waals surface area contributed by atoms with Crippen LogP contribution in [0.4, 0.5) is 0 Å². The average Bonchev–Trinajstić information content (AvgIpc) is 2.16. The largest absolute Gasteiger partial charge is 0.0917 e. The van der Waals surface area contributed by atoms with E-state index < -0.39 is 0 Å². The van der Waals surface area contributed by atoms with Crippen LogP contribution in [-0.4, -0.2) is 0 Å². The molecule has 0 atom stereocenters. The standard InChI is InChI=1S/C12H24/c1-3-5-7-9-11-12-10-8-6-4-2/h3,5H,4,6-12H2,1-2H3/b5-3+/i1D. The van der Waals surface area contributed by atoms with Gasteiger partial charge in [-0.1, -0.05) is 57.6 Å². The Morgan fingerprint density at radius 3 is 2.33 bits per heavy atom. The Kier molecular flexibility index (Phi) is 8.79. The summed E-state index contributed by atoms with van der Waals surface area (Å²) in [7, 11) is 0. The fourth-order valence-electron chi connectivity index (χ4n) is 1.34. The molecule has 0 rings (SSSR count). The zero-order valence-corrected chi connectivity index (χ0v) is 8.52. The van der Waals surface area contributed by atoms with E-state index in [0.29, 0.717) is 6.90 Å². The van der Waals surface area contributed by atoms with Crippen molar-refractivity contribution in [3.63, 3.8) is 0 Å². The van der Waals surface area contributed by atoms with E-state index in [9.17, 15) is 0 Å². The summed E-state index contributed by atoms with van der Waals surface area (Å²) in [5.41, 5.74) is 0. The van der Waals surface area contributed by atoms with Gasteiger partial charge in [0.2, 0.25) is 0 Å². The fraction of sp³-hybridized carbons (Fsp3) is 0.833. The van der Waals surface area contributed by atoms with Crippen molar-refractivity contribution in [1.29, 1.82) is 0 Å². The van der Waals surface area contributed by atoms with E-state index in [1.54, 1.807) is 0 Å². The molecular weight excluding hydrogens is 144 g/mol. The molecule has 0 aromatic heterocycles. The monoisotopic (exact) mass is 169 g/mol. The summed E-state index contributed by atoms with van der Waals surface area (Å²) in [5.74, 6) is 0. The van der Waals surface area contributed by atoms with Crippen LogP contribution in [0.15, 0.2) is 12.2 Å². The van der Waals surface area contributed by atoms with Crippen LogP contribution < -0.4 is 0 Å². The minimum absolute atomic E-state index is 0.441. The van der Waals surface area contributed by atoms with Crippen molar-refractivity contribution in [2.75, 3.05) is 0 Å². The second-order valence-corrected chi connectivity index (χ2v) is 3.38. The first-order chi connectivity index (χ1) is 6.41. The van der Waals surface area contributed by atoms with E-state index in [1.807, 2.05) is 6.08 Å². The summed E-state index contributed by atoms with van der Waals surface area (Å²) in [4.78, 5) is 0. The Bertz CT molecular complexity index is 108. The second kappa shape index (κ2) is 10.7. The summed E-state index contributed by atoms with van der Waals surface area (Å²) in [5, 5.41) is 0. The highest BCUT2D eigenvalue weighted by atomic mass is 13.9. The van der Waals surface area contributed by atoms with Crippen molar-refractivity contribution in [2.45, 2.75) is 65.2 Å². The molecule has 0 aliphatic heterocycles. The highest BCUT2D eigenvalue weighted by Crippen LogP contribution is 2.08. The van der Waals surface area contributed by atoms with Crippen molar-refractivity contribution in [3.05, 3.63) is 12.2 Å². The van der Waals surface area contributed by atoms with Gasteiger partial charge in [-0.2, -0.15) is 0 Å². The summed E-state index contributed by atoms with van der Waals surface area (Å²) < 4.78 is 6.91. The second-order valence-electron chi connectivity index (χ2n) is 3.38. The molecule has 0 spiro atoms. The van der Waals surface area contributed by atoms with Gasteiger partial charge in [-0.3, -0.25) is 0 Å². The van der Waals surface area contributed by atoms with Gasteiger partial charge in [-0.15, -0.1) is 0 Å². The first-order valence-electron chi connectivity index (χ1n) is 6.06. The third kappa shape index (κ3) is 9.74. The van der Waals surface area contributed by atoms with Crippen molar-refractivity contribution in [3.8, 4) is 0 Å². The molecule has 0 N–H and O–H groups in total. The minimum atomic E-state index is 0.441. The molecule has 0 aromatic carbocycles. The van der Waals surface area contributed by atoms with E-state index >= 15 is 0 Å². The van der Waals surface area contributed by atoms with Crippen LogP contribution in [0.25, 0.3) is 0 Å². The van der Waals surface area contributed by atoms with Gasteiger partial charge in [-0.25, -0.2) is 0 Å². The topological polar surface area (TPSA) is 0 Å². The summed E-state index contributed by atoms with van der Waals surface area (Å²) in [6, 6.07) is 0. The van der Waals surface area contributed by atoms with Gasteiger partial charge in [0, 0.05) is 1.37 Å². The Labute approximate surface area is 79.5 Å². The van der Waals surface area contributed by atoms with Gasteiger partial charge in [0.15, 0.2) is 0 Å². The first kappa shape index (κ1) is 9.83. The Morgan fingerprint density at radius 1 is 1.00 bits per heavy atom. The quantitative estimate of drug-likeness (QED) is 0.365. The molecule has 0 saturated carbocycles. The molecular formula is C12H24. The van der Waals surface area contributed by atoms with Crippen LogP contribution in [0.2, 0.25) is 0 Å². The molecule has 0 bridgehead atoms. The Balaban J connectivity index is 2.87. The lowest BCUT2D eigenvalue weighted by Crippen LogP contribution is -1.78. The average molecular weight is 169 g/mol. The Morgan fingerprint density at radius 2 is 1.67 bits per heavy atom. The maximum Gasteiger partial charge on any atom is 0.0273 e. The van der Waals surface area contributed by atoms with Crippen molar-refractivity contribution in [2.24, 2.45) is 0 Å². The van der Waals surface area contributed by atoms with Crippen LogP contribution in [0, 0.1) is 0 Å². The van der Waals surface area contributed by atoms with Crippen LogP contribution >= 0.6 is 0 Å². The predicted octanol–water partition coefficient (Wildman–Crippen LogP) is 4.70. The molecule has 0 fully saturated rings. The highest BCUT2D eigenvalue weighted by molar-refractivity contribution is 4.76. The smallest absolute Gasteiger partial charge is 0.0273 e. The van der Waals surface area contributed by atoms with Crippen LogP contribution in [0.5, 0.6) is 0 Å². The number of hydrogen-bond donors (Lipinski definition) is 0. The van der Waals surface area contributed by atoms with Gasteiger partial charge in [0.1, 0.15) is 0 Å². The fourth-order valence-corrected chi connectivity index (χ4v) is 1.34. The number of hydrogen-bond acceptors (Lipinski definition) is 0. The predicted molar refractivity (Wildman–Crippen MR) is 57.4 cm³/mol. The molecule has 0 unspecified atom stereocenters. The van der Waals surface area contributed by atoms with E-state index in [1.165, 1.54) is 51.4 Å². The molecule has 0 heterocycles. The van der Waals surface area contributed by atoms with Crippen LogP contribution in [-0.2, 0) is 0 Å². The van der Waals surface area contributed by atoms with Crippen molar-refractivity contribution < 1.29 is 1.37 Å².